The van der Waals surface area contributed by atoms with Gasteiger partial charge in [-0.2, -0.15) is 0 Å². The maximum absolute atomic E-state index is 11.8. The highest BCUT2D eigenvalue weighted by atomic mass is 16.6. The normalized spacial score (nSPS) is 26.5. The molecule has 1 rings (SSSR count). The van der Waals surface area contributed by atoms with Gasteiger partial charge in [-0.05, 0) is 20.8 Å². The molecule has 7 heteroatoms. The first kappa shape index (κ1) is 15.3. The molecule has 0 saturated carbocycles. The highest BCUT2D eigenvalue weighted by Gasteiger charge is 2.61. The van der Waals surface area contributed by atoms with Crippen LogP contribution in [0.3, 0.4) is 0 Å². The summed E-state index contributed by atoms with van der Waals surface area (Å²) in [6, 6.07) is 0. The number of nitrogens with zero attached hydrogens (tertiary/aromatic N) is 1. The van der Waals surface area contributed by atoms with Gasteiger partial charge >= 0.3 is 18.0 Å². The van der Waals surface area contributed by atoms with E-state index < -0.39 is 41.5 Å². The molecule has 2 N–H and O–H groups in total. The summed E-state index contributed by atoms with van der Waals surface area (Å²) in [6.07, 6.45) is -1.82. The zero-order valence-corrected chi connectivity index (χ0v) is 11.5. The number of esters is 1. The van der Waals surface area contributed by atoms with Crippen LogP contribution in [0.4, 0.5) is 4.79 Å². The van der Waals surface area contributed by atoms with Crippen LogP contribution >= 0.6 is 0 Å². The van der Waals surface area contributed by atoms with Gasteiger partial charge in [0.05, 0.1) is 6.42 Å². The molecule has 19 heavy (non-hydrogen) atoms. The van der Waals surface area contributed by atoms with Crippen LogP contribution in [0.2, 0.25) is 0 Å². The minimum atomic E-state index is -1.71. The number of likely N-dealkylation sites (tertiary alicyclic amines) is 1. The summed E-state index contributed by atoms with van der Waals surface area (Å²) >= 11 is 0. The monoisotopic (exact) mass is 273 g/mol. The standard InChI is InChI=1S/C12H19NO6/c1-7-6-13(10(17)18)12(7,9(15)16)5-8(14)19-11(2,3)4/h7H,5-6H2,1-4H3,(H,15,16)(H,17,18)/t7-,12+/m0/s1. The number of carboxylic acids is 1. The van der Waals surface area contributed by atoms with Crippen molar-refractivity contribution in [2.24, 2.45) is 5.92 Å². The fraction of sp³-hybridized carbons (Fsp3) is 0.750. The Labute approximate surface area is 111 Å². The van der Waals surface area contributed by atoms with E-state index in [0.717, 1.165) is 4.90 Å². The van der Waals surface area contributed by atoms with Gasteiger partial charge in [0.2, 0.25) is 0 Å². The Morgan fingerprint density at radius 3 is 2.16 bits per heavy atom. The van der Waals surface area contributed by atoms with E-state index in [4.69, 9.17) is 9.84 Å². The van der Waals surface area contributed by atoms with Crippen LogP contribution in [-0.2, 0) is 14.3 Å². The number of carbonyl (C=O) groups excluding carboxylic acids is 1. The lowest BCUT2D eigenvalue weighted by atomic mass is 9.73. The van der Waals surface area contributed by atoms with Crippen LogP contribution in [0.5, 0.6) is 0 Å². The van der Waals surface area contributed by atoms with Gasteiger partial charge in [-0.15, -0.1) is 0 Å². The maximum atomic E-state index is 11.8. The van der Waals surface area contributed by atoms with Crippen molar-refractivity contribution >= 4 is 18.0 Å². The predicted molar refractivity (Wildman–Crippen MR) is 64.7 cm³/mol. The summed E-state index contributed by atoms with van der Waals surface area (Å²) in [5, 5.41) is 18.3. The first-order chi connectivity index (χ1) is 8.50. The number of amides is 1. The van der Waals surface area contributed by atoms with Crippen LogP contribution in [0.15, 0.2) is 0 Å². The van der Waals surface area contributed by atoms with Crippen LogP contribution in [0.25, 0.3) is 0 Å². The highest BCUT2D eigenvalue weighted by molar-refractivity contribution is 5.91. The molecule has 2 atom stereocenters. The number of carbonyl (C=O) groups is 3. The van der Waals surface area contributed by atoms with Gasteiger partial charge in [-0.25, -0.2) is 9.59 Å². The van der Waals surface area contributed by atoms with Crippen LogP contribution in [0, 0.1) is 5.92 Å². The number of rotatable bonds is 3. The Kier molecular flexibility index (Phi) is 3.79. The number of ether oxygens (including phenoxy) is 1. The predicted octanol–water partition coefficient (Wildman–Crippen LogP) is 1.17. The summed E-state index contributed by atoms with van der Waals surface area (Å²) in [7, 11) is 0. The number of aliphatic carboxylic acids is 1. The largest absolute Gasteiger partial charge is 0.479 e. The molecule has 0 aliphatic carbocycles. The van der Waals surface area contributed by atoms with Crippen LogP contribution in [0.1, 0.15) is 34.1 Å². The van der Waals surface area contributed by atoms with E-state index in [-0.39, 0.29) is 6.54 Å². The molecule has 0 unspecified atom stereocenters. The van der Waals surface area contributed by atoms with Crippen molar-refractivity contribution in [1.82, 2.24) is 4.90 Å². The van der Waals surface area contributed by atoms with E-state index in [2.05, 4.69) is 0 Å². The van der Waals surface area contributed by atoms with Gasteiger partial charge in [0, 0.05) is 12.5 Å². The average Bonchev–Trinajstić information content (AvgIpc) is 2.18. The van der Waals surface area contributed by atoms with Crippen LogP contribution in [-0.4, -0.2) is 50.8 Å². The van der Waals surface area contributed by atoms with Gasteiger partial charge in [0.15, 0.2) is 5.54 Å². The molecule has 1 fully saturated rings. The Bertz CT molecular complexity index is 413. The van der Waals surface area contributed by atoms with Gasteiger partial charge < -0.3 is 14.9 Å². The number of hydrogen-bond donors (Lipinski definition) is 2. The molecule has 0 spiro atoms. The SMILES string of the molecule is C[C@H]1CN(C(=O)O)[C@@]1(CC(=O)OC(C)(C)C)C(=O)O. The molecule has 7 nitrogen and oxygen atoms in total. The smallest absolute Gasteiger partial charge is 0.408 e. The first-order valence-electron chi connectivity index (χ1n) is 5.96. The summed E-state index contributed by atoms with van der Waals surface area (Å²) in [6.45, 7) is 6.70. The second-order valence-electron chi connectivity index (χ2n) is 5.79. The van der Waals surface area contributed by atoms with Crippen molar-refractivity contribution in [3.8, 4) is 0 Å². The summed E-state index contributed by atoms with van der Waals surface area (Å²) < 4.78 is 5.07. The van der Waals surface area contributed by atoms with Gasteiger partial charge in [-0.3, -0.25) is 9.69 Å². The Balaban J connectivity index is 2.93. The lowest BCUT2D eigenvalue weighted by Gasteiger charge is -2.52. The van der Waals surface area contributed by atoms with Gasteiger partial charge in [-0.1, -0.05) is 6.92 Å². The Morgan fingerprint density at radius 1 is 1.32 bits per heavy atom. The third-order valence-electron chi connectivity index (χ3n) is 3.19. The summed E-state index contributed by atoms with van der Waals surface area (Å²) in [4.78, 5) is 35.0. The fourth-order valence-corrected chi connectivity index (χ4v) is 2.26. The molecular formula is C12H19NO6. The van der Waals surface area contributed by atoms with Crippen molar-refractivity contribution in [1.29, 1.82) is 0 Å². The zero-order chi connectivity index (χ0) is 15.0. The van der Waals surface area contributed by atoms with E-state index in [1.807, 2.05) is 0 Å². The minimum absolute atomic E-state index is 0.102. The second kappa shape index (κ2) is 4.71. The first-order valence-corrected chi connectivity index (χ1v) is 5.96. The molecule has 0 aromatic heterocycles. The molecule has 1 amide bonds. The lowest BCUT2D eigenvalue weighted by molar-refractivity contribution is -0.179. The van der Waals surface area contributed by atoms with Crippen molar-refractivity contribution < 1.29 is 29.3 Å². The molecular weight excluding hydrogens is 254 g/mol. The topological polar surface area (TPSA) is 104 Å². The van der Waals surface area contributed by atoms with E-state index in [9.17, 15) is 19.5 Å². The van der Waals surface area contributed by atoms with E-state index in [0.29, 0.717) is 0 Å². The zero-order valence-electron chi connectivity index (χ0n) is 11.5. The molecule has 108 valence electrons. The maximum Gasteiger partial charge on any atom is 0.408 e. The summed E-state index contributed by atoms with van der Waals surface area (Å²) in [5.74, 6) is -2.47. The summed E-state index contributed by atoms with van der Waals surface area (Å²) in [5.41, 5.74) is -2.45. The molecule has 0 aromatic carbocycles. The van der Waals surface area contributed by atoms with Gasteiger partial charge in [0.1, 0.15) is 5.60 Å². The molecule has 1 heterocycles. The molecule has 1 aliphatic rings. The minimum Gasteiger partial charge on any atom is -0.479 e. The third-order valence-corrected chi connectivity index (χ3v) is 3.19. The molecule has 0 aromatic rings. The molecule has 1 saturated heterocycles. The Hall–Kier alpha value is -1.79. The van der Waals surface area contributed by atoms with Crippen molar-refractivity contribution in [3.63, 3.8) is 0 Å². The van der Waals surface area contributed by atoms with Crippen molar-refractivity contribution in [2.75, 3.05) is 6.54 Å². The Morgan fingerprint density at radius 2 is 1.84 bits per heavy atom. The highest BCUT2D eigenvalue weighted by Crippen LogP contribution is 2.40. The quantitative estimate of drug-likeness (QED) is 0.748. The second-order valence-corrected chi connectivity index (χ2v) is 5.79. The van der Waals surface area contributed by atoms with Crippen molar-refractivity contribution in [3.05, 3.63) is 0 Å². The van der Waals surface area contributed by atoms with Gasteiger partial charge in [0.25, 0.3) is 0 Å². The van der Waals surface area contributed by atoms with E-state index in [1.54, 1.807) is 27.7 Å². The lowest BCUT2D eigenvalue weighted by Crippen LogP contribution is -2.72. The number of carboxylic acid groups (broad SMARTS) is 2. The third kappa shape index (κ3) is 2.80. The van der Waals surface area contributed by atoms with E-state index >= 15 is 0 Å². The average molecular weight is 273 g/mol. The van der Waals surface area contributed by atoms with E-state index in [1.165, 1.54) is 0 Å². The molecule has 0 radical (unpaired) electrons. The van der Waals surface area contributed by atoms with Crippen molar-refractivity contribution in [2.45, 2.75) is 45.3 Å². The molecule has 0 bridgehead atoms. The fourth-order valence-electron chi connectivity index (χ4n) is 2.26. The number of hydrogen-bond acceptors (Lipinski definition) is 4. The van der Waals surface area contributed by atoms with Crippen LogP contribution < -0.4 is 0 Å². The molecule has 1 aliphatic heterocycles.